The maximum atomic E-state index is 12.3. The largest absolute Gasteiger partial charge is 0.497 e. The number of nitrogens with one attached hydrogen (secondary N) is 1. The van der Waals surface area contributed by atoms with E-state index in [1.54, 1.807) is 20.3 Å². The Balaban J connectivity index is 1.62. The summed E-state index contributed by atoms with van der Waals surface area (Å²) in [6.45, 7) is 3.79. The minimum absolute atomic E-state index is 0.0680. The van der Waals surface area contributed by atoms with Gasteiger partial charge in [-0.05, 0) is 43.5 Å². The molecule has 0 bridgehead atoms. The van der Waals surface area contributed by atoms with Crippen LogP contribution in [0, 0.1) is 13.8 Å². The average molecular weight is 402 g/mol. The molecule has 3 rings (SSSR count). The molecule has 0 radical (unpaired) electrons. The van der Waals surface area contributed by atoms with Crippen molar-refractivity contribution in [3.63, 3.8) is 0 Å². The van der Waals surface area contributed by atoms with Crippen LogP contribution in [0.25, 0.3) is 10.2 Å². The number of carbonyl (C=O) groups is 1. The average Bonchev–Trinajstić information content (AvgIpc) is 2.98. The number of ether oxygens (including phenoxy) is 3. The summed E-state index contributed by atoms with van der Waals surface area (Å²) in [6.07, 6.45) is 0.679. The Labute approximate surface area is 166 Å². The second-order valence-corrected chi connectivity index (χ2v) is 7.56. The lowest BCUT2D eigenvalue weighted by Crippen LogP contribution is -2.14. The number of fused-ring (bicyclic) bond motifs is 1. The summed E-state index contributed by atoms with van der Waals surface area (Å²) in [5.74, 6) is 1.30. The SMILES string of the molecule is COc1cc(CCC(=O)OCc2nc3sc(C)c(C)c3c(=O)[nH]2)cc(OC)c1. The Morgan fingerprint density at radius 1 is 1.14 bits per heavy atom. The van der Waals surface area contributed by atoms with E-state index in [9.17, 15) is 9.59 Å². The molecular formula is C20H22N2O5S. The van der Waals surface area contributed by atoms with E-state index in [0.717, 1.165) is 16.0 Å². The molecule has 0 aliphatic rings. The third-order valence-electron chi connectivity index (χ3n) is 4.49. The fourth-order valence-corrected chi connectivity index (χ4v) is 3.89. The van der Waals surface area contributed by atoms with E-state index in [2.05, 4.69) is 9.97 Å². The predicted octanol–water partition coefficient (Wildman–Crippen LogP) is 3.29. The molecule has 2 heterocycles. The minimum atomic E-state index is -0.372. The quantitative estimate of drug-likeness (QED) is 0.610. The highest BCUT2D eigenvalue weighted by Crippen LogP contribution is 2.26. The van der Waals surface area contributed by atoms with Crippen LogP contribution in [0.15, 0.2) is 23.0 Å². The normalized spacial score (nSPS) is 10.9. The van der Waals surface area contributed by atoms with Crippen LogP contribution in [0.5, 0.6) is 11.5 Å². The van der Waals surface area contributed by atoms with Gasteiger partial charge in [0.15, 0.2) is 0 Å². The van der Waals surface area contributed by atoms with Gasteiger partial charge in [-0.1, -0.05) is 0 Å². The first-order chi connectivity index (χ1) is 13.4. The van der Waals surface area contributed by atoms with Crippen molar-refractivity contribution in [2.45, 2.75) is 33.3 Å². The lowest BCUT2D eigenvalue weighted by atomic mass is 10.1. The van der Waals surface area contributed by atoms with Crippen LogP contribution in [0.2, 0.25) is 0 Å². The zero-order valence-electron chi connectivity index (χ0n) is 16.3. The van der Waals surface area contributed by atoms with Gasteiger partial charge in [0.05, 0.1) is 19.6 Å². The van der Waals surface area contributed by atoms with Crippen LogP contribution in [-0.2, 0) is 22.6 Å². The van der Waals surface area contributed by atoms with Gasteiger partial charge in [-0.2, -0.15) is 0 Å². The number of methoxy groups -OCH3 is 2. The van der Waals surface area contributed by atoms with Gasteiger partial charge >= 0.3 is 5.97 Å². The molecule has 0 saturated heterocycles. The van der Waals surface area contributed by atoms with Gasteiger partial charge in [-0.25, -0.2) is 4.98 Å². The molecule has 3 aromatic rings. The Hall–Kier alpha value is -2.87. The highest BCUT2D eigenvalue weighted by molar-refractivity contribution is 7.18. The van der Waals surface area contributed by atoms with E-state index >= 15 is 0 Å². The Bertz CT molecular complexity index is 1050. The zero-order chi connectivity index (χ0) is 20.3. The molecule has 0 amide bonds. The summed E-state index contributed by atoms with van der Waals surface area (Å²) < 4.78 is 15.7. The number of rotatable bonds is 7. The number of H-pyrrole nitrogens is 1. The minimum Gasteiger partial charge on any atom is -0.497 e. The van der Waals surface area contributed by atoms with Crippen LogP contribution in [0.3, 0.4) is 0 Å². The van der Waals surface area contributed by atoms with Crippen molar-refractivity contribution in [3.8, 4) is 11.5 Å². The Kier molecular flexibility index (Phi) is 5.99. The van der Waals surface area contributed by atoms with E-state index in [-0.39, 0.29) is 24.6 Å². The van der Waals surface area contributed by atoms with Gasteiger partial charge in [0.2, 0.25) is 0 Å². The molecule has 2 aromatic heterocycles. The number of benzene rings is 1. The molecule has 0 unspecified atom stereocenters. The maximum absolute atomic E-state index is 12.3. The summed E-state index contributed by atoms with van der Waals surface area (Å²) in [4.78, 5) is 33.2. The third-order valence-corrected chi connectivity index (χ3v) is 5.59. The summed E-state index contributed by atoms with van der Waals surface area (Å²) in [5.41, 5.74) is 1.64. The van der Waals surface area contributed by atoms with Crippen molar-refractivity contribution >= 4 is 27.5 Å². The molecule has 0 fully saturated rings. The summed E-state index contributed by atoms with van der Waals surface area (Å²) in [5, 5.41) is 0.601. The van der Waals surface area contributed by atoms with Gasteiger partial charge in [0.25, 0.3) is 5.56 Å². The molecule has 1 N–H and O–H groups in total. The van der Waals surface area contributed by atoms with Gasteiger partial charge < -0.3 is 19.2 Å². The Morgan fingerprint density at radius 2 is 1.82 bits per heavy atom. The van der Waals surface area contributed by atoms with Gasteiger partial charge in [-0.15, -0.1) is 11.3 Å². The molecule has 7 nitrogen and oxygen atoms in total. The second-order valence-electron chi connectivity index (χ2n) is 6.36. The molecule has 0 spiro atoms. The number of aryl methyl sites for hydroxylation is 3. The van der Waals surface area contributed by atoms with Gasteiger partial charge in [0, 0.05) is 17.4 Å². The number of thiophene rings is 1. The first kappa shape index (κ1) is 19.9. The smallest absolute Gasteiger partial charge is 0.306 e. The van der Waals surface area contributed by atoms with Crippen molar-refractivity contribution < 1.29 is 19.0 Å². The standard InChI is InChI=1S/C20H22N2O5S/c1-11-12(2)28-20-18(11)19(24)21-16(22-20)10-27-17(23)6-5-13-7-14(25-3)9-15(8-13)26-4/h7-9H,5-6,10H2,1-4H3,(H,21,22,24). The lowest BCUT2D eigenvalue weighted by Gasteiger charge is -2.08. The molecule has 0 saturated carbocycles. The number of aromatic amines is 1. The molecule has 0 atom stereocenters. The molecule has 0 aliphatic carbocycles. The summed E-state index contributed by atoms with van der Waals surface area (Å²) in [7, 11) is 3.15. The summed E-state index contributed by atoms with van der Waals surface area (Å²) >= 11 is 1.46. The summed E-state index contributed by atoms with van der Waals surface area (Å²) in [6, 6.07) is 5.47. The first-order valence-corrected chi connectivity index (χ1v) is 9.59. The highest BCUT2D eigenvalue weighted by Gasteiger charge is 2.13. The van der Waals surface area contributed by atoms with E-state index in [1.807, 2.05) is 26.0 Å². The van der Waals surface area contributed by atoms with Gasteiger partial charge in [0.1, 0.15) is 28.8 Å². The predicted molar refractivity (Wildman–Crippen MR) is 107 cm³/mol. The fraction of sp³-hybridized carbons (Fsp3) is 0.350. The number of aromatic nitrogens is 2. The fourth-order valence-electron chi connectivity index (χ4n) is 2.85. The monoisotopic (exact) mass is 402 g/mol. The van der Waals surface area contributed by atoms with Crippen LogP contribution >= 0.6 is 11.3 Å². The Morgan fingerprint density at radius 3 is 2.46 bits per heavy atom. The first-order valence-electron chi connectivity index (χ1n) is 8.77. The van der Waals surface area contributed by atoms with E-state index < -0.39 is 0 Å². The van der Waals surface area contributed by atoms with Crippen molar-refractivity contribution in [3.05, 3.63) is 50.4 Å². The molecule has 8 heteroatoms. The third kappa shape index (κ3) is 4.33. The molecular weight excluding hydrogens is 380 g/mol. The van der Waals surface area contributed by atoms with E-state index in [1.165, 1.54) is 11.3 Å². The van der Waals surface area contributed by atoms with Crippen LogP contribution < -0.4 is 15.0 Å². The van der Waals surface area contributed by atoms with Crippen molar-refractivity contribution in [1.29, 1.82) is 0 Å². The zero-order valence-corrected chi connectivity index (χ0v) is 17.1. The molecule has 28 heavy (non-hydrogen) atoms. The van der Waals surface area contributed by atoms with E-state index in [4.69, 9.17) is 14.2 Å². The van der Waals surface area contributed by atoms with Crippen molar-refractivity contribution in [1.82, 2.24) is 9.97 Å². The number of esters is 1. The molecule has 148 valence electrons. The number of hydrogen-bond donors (Lipinski definition) is 1. The van der Waals surface area contributed by atoms with Crippen LogP contribution in [0.1, 0.15) is 28.2 Å². The van der Waals surface area contributed by atoms with Crippen molar-refractivity contribution in [2.24, 2.45) is 0 Å². The number of hydrogen-bond acceptors (Lipinski definition) is 7. The van der Waals surface area contributed by atoms with E-state index in [0.29, 0.717) is 34.0 Å². The number of nitrogens with zero attached hydrogens (tertiary/aromatic N) is 1. The van der Waals surface area contributed by atoms with Crippen LogP contribution in [0.4, 0.5) is 0 Å². The van der Waals surface area contributed by atoms with Crippen molar-refractivity contribution in [2.75, 3.05) is 14.2 Å². The van der Waals surface area contributed by atoms with Crippen LogP contribution in [-0.4, -0.2) is 30.2 Å². The molecule has 1 aromatic carbocycles. The lowest BCUT2D eigenvalue weighted by molar-refractivity contribution is -0.145. The topological polar surface area (TPSA) is 90.5 Å². The van der Waals surface area contributed by atoms with Gasteiger partial charge in [-0.3, -0.25) is 9.59 Å². The highest BCUT2D eigenvalue weighted by atomic mass is 32.1. The maximum Gasteiger partial charge on any atom is 0.306 e. The second kappa shape index (κ2) is 8.43. The number of carbonyl (C=O) groups excluding carboxylic acids is 1. The molecule has 0 aliphatic heterocycles.